The number of benzene rings is 1. The van der Waals surface area contributed by atoms with Crippen LogP contribution in [-0.4, -0.2) is 17.5 Å². The largest absolute Gasteiger partial charge is 0.492 e. The van der Waals surface area contributed by atoms with Crippen LogP contribution in [-0.2, 0) is 0 Å². The van der Waals surface area contributed by atoms with E-state index in [4.69, 9.17) is 27.9 Å². The first-order valence-corrected chi connectivity index (χ1v) is 6.71. The summed E-state index contributed by atoms with van der Waals surface area (Å²) in [7, 11) is 0. The Morgan fingerprint density at radius 3 is 2.75 bits per heavy atom. The van der Waals surface area contributed by atoms with Gasteiger partial charge in [0.15, 0.2) is 0 Å². The molecule has 0 saturated carbocycles. The van der Waals surface area contributed by atoms with Gasteiger partial charge in [0.1, 0.15) is 11.4 Å². The van der Waals surface area contributed by atoms with E-state index in [0.29, 0.717) is 28.1 Å². The average Bonchev–Trinajstić information content (AvgIpc) is 2.42. The van der Waals surface area contributed by atoms with E-state index in [-0.39, 0.29) is 11.6 Å². The van der Waals surface area contributed by atoms with E-state index in [1.54, 1.807) is 24.3 Å². The Labute approximate surface area is 126 Å². The molecule has 0 saturated heterocycles. The van der Waals surface area contributed by atoms with Crippen LogP contribution >= 0.6 is 23.2 Å². The highest BCUT2D eigenvalue weighted by molar-refractivity contribution is 6.32. The maximum absolute atomic E-state index is 12.0. The molecule has 2 rings (SSSR count). The Bertz CT molecular complexity index is 632. The number of ether oxygens (including phenoxy) is 1. The number of rotatable bonds is 4. The Kier molecular flexibility index (Phi) is 4.82. The smallest absolute Gasteiger partial charge is 0.274 e. The fourth-order valence-electron chi connectivity index (χ4n) is 1.58. The van der Waals surface area contributed by atoms with Crippen molar-refractivity contribution >= 4 is 34.8 Å². The van der Waals surface area contributed by atoms with E-state index in [2.05, 4.69) is 10.3 Å². The maximum Gasteiger partial charge on any atom is 0.274 e. The Morgan fingerprint density at radius 2 is 2.10 bits per heavy atom. The van der Waals surface area contributed by atoms with Gasteiger partial charge in [-0.25, -0.2) is 0 Å². The zero-order chi connectivity index (χ0) is 14.5. The van der Waals surface area contributed by atoms with Gasteiger partial charge in [0.2, 0.25) is 0 Å². The van der Waals surface area contributed by atoms with Crippen LogP contribution in [0.1, 0.15) is 17.4 Å². The van der Waals surface area contributed by atoms with Crippen LogP contribution in [0, 0.1) is 0 Å². The minimum absolute atomic E-state index is 0.238. The minimum Gasteiger partial charge on any atom is -0.492 e. The summed E-state index contributed by atoms with van der Waals surface area (Å²) >= 11 is 11.9. The van der Waals surface area contributed by atoms with Crippen LogP contribution in [0.4, 0.5) is 5.69 Å². The van der Waals surface area contributed by atoms with Gasteiger partial charge in [-0.15, -0.1) is 0 Å². The van der Waals surface area contributed by atoms with Gasteiger partial charge in [0, 0.05) is 16.9 Å². The van der Waals surface area contributed by atoms with Crippen molar-refractivity contribution in [3.63, 3.8) is 0 Å². The van der Waals surface area contributed by atoms with Crippen LogP contribution in [0.2, 0.25) is 10.0 Å². The summed E-state index contributed by atoms with van der Waals surface area (Å²) in [5, 5.41) is 3.58. The third kappa shape index (κ3) is 3.62. The third-order valence-electron chi connectivity index (χ3n) is 2.44. The SMILES string of the molecule is CCOc1ccc(NC(=O)c2cc(Cl)ccn2)cc1Cl. The molecule has 0 atom stereocenters. The lowest BCUT2D eigenvalue weighted by Gasteiger charge is -2.09. The highest BCUT2D eigenvalue weighted by atomic mass is 35.5. The first kappa shape index (κ1) is 14.6. The predicted molar refractivity (Wildman–Crippen MR) is 79.8 cm³/mol. The summed E-state index contributed by atoms with van der Waals surface area (Å²) in [5.74, 6) is 0.223. The van der Waals surface area contributed by atoms with E-state index in [9.17, 15) is 4.79 Å². The highest BCUT2D eigenvalue weighted by Gasteiger charge is 2.09. The zero-order valence-electron chi connectivity index (χ0n) is 10.7. The molecule has 0 fully saturated rings. The van der Waals surface area contributed by atoms with Crippen molar-refractivity contribution < 1.29 is 9.53 Å². The van der Waals surface area contributed by atoms with Gasteiger partial charge in [-0.1, -0.05) is 23.2 Å². The maximum atomic E-state index is 12.0. The lowest BCUT2D eigenvalue weighted by atomic mass is 10.2. The number of nitrogens with zero attached hydrogens (tertiary/aromatic N) is 1. The first-order valence-electron chi connectivity index (χ1n) is 5.95. The molecular formula is C14H12Cl2N2O2. The van der Waals surface area contributed by atoms with Crippen LogP contribution in [0.3, 0.4) is 0 Å². The molecule has 1 aromatic heterocycles. The van der Waals surface area contributed by atoms with Crippen molar-refractivity contribution in [2.75, 3.05) is 11.9 Å². The second-order valence-corrected chi connectivity index (χ2v) is 4.74. The number of carbonyl (C=O) groups is 1. The van der Waals surface area contributed by atoms with Gasteiger partial charge < -0.3 is 10.1 Å². The van der Waals surface area contributed by atoms with Crippen molar-refractivity contribution in [1.29, 1.82) is 0 Å². The van der Waals surface area contributed by atoms with Gasteiger partial charge in [-0.05, 0) is 37.3 Å². The quantitative estimate of drug-likeness (QED) is 0.927. The summed E-state index contributed by atoms with van der Waals surface area (Å²) in [4.78, 5) is 15.9. The molecule has 1 aromatic carbocycles. The van der Waals surface area contributed by atoms with Crippen LogP contribution in [0.15, 0.2) is 36.5 Å². The molecule has 0 aliphatic rings. The highest BCUT2D eigenvalue weighted by Crippen LogP contribution is 2.27. The second-order valence-electron chi connectivity index (χ2n) is 3.89. The summed E-state index contributed by atoms with van der Waals surface area (Å²) in [5.41, 5.74) is 0.799. The third-order valence-corrected chi connectivity index (χ3v) is 2.97. The van der Waals surface area contributed by atoms with Gasteiger partial charge in [-0.3, -0.25) is 9.78 Å². The van der Waals surface area contributed by atoms with Crippen molar-refractivity contribution in [3.8, 4) is 5.75 Å². The number of aromatic nitrogens is 1. The number of hydrogen-bond donors (Lipinski definition) is 1. The molecule has 0 bridgehead atoms. The average molecular weight is 311 g/mol. The number of hydrogen-bond acceptors (Lipinski definition) is 3. The number of pyridine rings is 1. The summed E-state index contributed by atoms with van der Waals surface area (Å²) in [6.45, 7) is 2.40. The van der Waals surface area contributed by atoms with Crippen molar-refractivity contribution in [2.24, 2.45) is 0 Å². The Balaban J connectivity index is 2.14. The first-order chi connectivity index (χ1) is 9.60. The predicted octanol–water partition coefficient (Wildman–Crippen LogP) is 4.04. The van der Waals surface area contributed by atoms with Crippen molar-refractivity contribution in [3.05, 3.63) is 52.3 Å². The number of halogens is 2. The zero-order valence-corrected chi connectivity index (χ0v) is 12.2. The molecule has 1 heterocycles. The molecule has 0 spiro atoms. The molecule has 20 heavy (non-hydrogen) atoms. The Hall–Kier alpha value is -1.78. The van der Waals surface area contributed by atoms with Crippen LogP contribution in [0.25, 0.3) is 0 Å². The molecule has 0 unspecified atom stereocenters. The molecule has 0 radical (unpaired) electrons. The second kappa shape index (κ2) is 6.59. The van der Waals surface area contributed by atoms with Crippen LogP contribution < -0.4 is 10.1 Å². The minimum atomic E-state index is -0.354. The monoisotopic (exact) mass is 310 g/mol. The fourth-order valence-corrected chi connectivity index (χ4v) is 1.97. The molecule has 1 amide bonds. The molecule has 1 N–H and O–H groups in total. The molecule has 4 nitrogen and oxygen atoms in total. The van der Waals surface area contributed by atoms with Gasteiger partial charge in [0.05, 0.1) is 11.6 Å². The fraction of sp³-hybridized carbons (Fsp3) is 0.143. The molecule has 6 heteroatoms. The van der Waals surface area contributed by atoms with Crippen LogP contribution in [0.5, 0.6) is 5.75 Å². The van der Waals surface area contributed by atoms with Crippen molar-refractivity contribution in [1.82, 2.24) is 4.98 Å². The molecule has 104 valence electrons. The van der Waals surface area contributed by atoms with Gasteiger partial charge >= 0.3 is 0 Å². The number of amides is 1. The molecule has 0 aliphatic carbocycles. The summed E-state index contributed by atoms with van der Waals surface area (Å²) in [6.07, 6.45) is 1.47. The lowest BCUT2D eigenvalue weighted by molar-refractivity contribution is 0.102. The standard InChI is InChI=1S/C14H12Cl2N2O2/c1-2-20-13-4-3-10(8-11(13)16)18-14(19)12-7-9(15)5-6-17-12/h3-8H,2H2,1H3,(H,18,19). The van der Waals surface area contributed by atoms with E-state index in [1.807, 2.05) is 6.92 Å². The lowest BCUT2D eigenvalue weighted by Crippen LogP contribution is -2.13. The van der Waals surface area contributed by atoms with E-state index >= 15 is 0 Å². The normalized spacial score (nSPS) is 10.2. The molecule has 2 aromatic rings. The van der Waals surface area contributed by atoms with Crippen molar-refractivity contribution in [2.45, 2.75) is 6.92 Å². The topological polar surface area (TPSA) is 51.2 Å². The molecule has 0 aliphatic heterocycles. The summed E-state index contributed by atoms with van der Waals surface area (Å²) < 4.78 is 5.32. The molecular weight excluding hydrogens is 299 g/mol. The number of carbonyl (C=O) groups excluding carboxylic acids is 1. The van der Waals surface area contributed by atoms with E-state index in [1.165, 1.54) is 12.3 Å². The van der Waals surface area contributed by atoms with Gasteiger partial charge in [0.25, 0.3) is 5.91 Å². The van der Waals surface area contributed by atoms with Gasteiger partial charge in [-0.2, -0.15) is 0 Å². The van der Waals surface area contributed by atoms with E-state index < -0.39 is 0 Å². The number of nitrogens with one attached hydrogen (secondary N) is 1. The number of anilines is 1. The van der Waals surface area contributed by atoms with E-state index in [0.717, 1.165) is 0 Å². The Morgan fingerprint density at radius 1 is 1.30 bits per heavy atom. The summed E-state index contributed by atoms with van der Waals surface area (Å²) in [6, 6.07) is 8.13.